The number of nitrogens with one attached hydrogen (secondary N) is 1. The standard InChI is InChI=1S/C19H28N4O/c1-15-5-3-4-6-17(15)13-18-21-19(24-22-18)14-23-11-8-16(9-12-23)7-10-20-2/h3-6,16,20H,7-14H2,1-2H3. The Balaban J connectivity index is 1.49. The third kappa shape index (κ3) is 4.65. The smallest absolute Gasteiger partial charge is 0.240 e. The van der Waals surface area contributed by atoms with Gasteiger partial charge in [0, 0.05) is 6.42 Å². The minimum Gasteiger partial charge on any atom is -0.338 e. The molecule has 0 radical (unpaired) electrons. The van der Waals surface area contributed by atoms with Crippen LogP contribution in [-0.4, -0.2) is 41.7 Å². The van der Waals surface area contributed by atoms with Crippen molar-refractivity contribution in [3.05, 3.63) is 47.1 Å². The van der Waals surface area contributed by atoms with Gasteiger partial charge in [0.2, 0.25) is 5.89 Å². The molecule has 0 spiro atoms. The van der Waals surface area contributed by atoms with Crippen LogP contribution in [0.25, 0.3) is 0 Å². The lowest BCUT2D eigenvalue weighted by atomic mass is 9.93. The molecule has 5 nitrogen and oxygen atoms in total. The molecule has 0 bridgehead atoms. The highest BCUT2D eigenvalue weighted by Gasteiger charge is 2.20. The van der Waals surface area contributed by atoms with Crippen molar-refractivity contribution >= 4 is 0 Å². The lowest BCUT2D eigenvalue weighted by Crippen LogP contribution is -2.34. The van der Waals surface area contributed by atoms with E-state index in [0.29, 0.717) is 0 Å². The van der Waals surface area contributed by atoms with Gasteiger partial charge in [-0.2, -0.15) is 4.98 Å². The van der Waals surface area contributed by atoms with E-state index in [9.17, 15) is 0 Å². The van der Waals surface area contributed by atoms with Crippen LogP contribution in [0.2, 0.25) is 0 Å². The second-order valence-electron chi connectivity index (χ2n) is 6.82. The third-order valence-corrected chi connectivity index (χ3v) is 4.99. The Bertz CT molecular complexity index is 632. The molecule has 1 aliphatic rings. The van der Waals surface area contributed by atoms with E-state index in [4.69, 9.17) is 4.52 Å². The summed E-state index contributed by atoms with van der Waals surface area (Å²) >= 11 is 0. The maximum atomic E-state index is 5.46. The second-order valence-corrected chi connectivity index (χ2v) is 6.82. The third-order valence-electron chi connectivity index (χ3n) is 4.99. The Kier molecular flexibility index (Phi) is 5.99. The van der Waals surface area contributed by atoms with Gasteiger partial charge in [-0.05, 0) is 69.9 Å². The van der Waals surface area contributed by atoms with Crippen LogP contribution in [0.5, 0.6) is 0 Å². The molecule has 1 aliphatic heterocycles. The number of benzene rings is 1. The second kappa shape index (κ2) is 8.40. The number of rotatable bonds is 7. The Labute approximate surface area is 144 Å². The zero-order chi connectivity index (χ0) is 16.8. The molecular formula is C19H28N4O. The topological polar surface area (TPSA) is 54.2 Å². The van der Waals surface area contributed by atoms with Crippen LogP contribution in [0.1, 0.15) is 42.1 Å². The number of hydrogen-bond donors (Lipinski definition) is 1. The molecular weight excluding hydrogens is 300 g/mol. The average Bonchev–Trinajstić information content (AvgIpc) is 3.03. The zero-order valence-corrected chi connectivity index (χ0v) is 14.8. The number of piperidine rings is 1. The first-order valence-electron chi connectivity index (χ1n) is 8.97. The monoisotopic (exact) mass is 328 g/mol. The van der Waals surface area contributed by atoms with Crippen LogP contribution < -0.4 is 5.32 Å². The van der Waals surface area contributed by atoms with Crippen LogP contribution in [0.3, 0.4) is 0 Å². The minimum absolute atomic E-state index is 0.738. The molecule has 0 saturated carbocycles. The van der Waals surface area contributed by atoms with Crippen molar-refractivity contribution in [2.75, 3.05) is 26.7 Å². The fourth-order valence-electron chi connectivity index (χ4n) is 3.38. The van der Waals surface area contributed by atoms with Crippen LogP contribution >= 0.6 is 0 Å². The molecule has 0 amide bonds. The summed E-state index contributed by atoms with van der Waals surface area (Å²) in [4.78, 5) is 7.01. The van der Waals surface area contributed by atoms with E-state index in [1.54, 1.807) is 0 Å². The number of nitrogens with zero attached hydrogens (tertiary/aromatic N) is 3. The van der Waals surface area contributed by atoms with Gasteiger partial charge >= 0.3 is 0 Å². The highest BCUT2D eigenvalue weighted by molar-refractivity contribution is 5.27. The van der Waals surface area contributed by atoms with Crippen LogP contribution in [0.15, 0.2) is 28.8 Å². The minimum atomic E-state index is 0.738. The predicted molar refractivity (Wildman–Crippen MR) is 94.8 cm³/mol. The number of aryl methyl sites for hydroxylation is 1. The number of aromatic nitrogens is 2. The molecule has 1 fully saturated rings. The quantitative estimate of drug-likeness (QED) is 0.847. The average molecular weight is 328 g/mol. The maximum absolute atomic E-state index is 5.46. The molecule has 130 valence electrons. The van der Waals surface area contributed by atoms with Gasteiger partial charge in [0.15, 0.2) is 5.82 Å². The summed E-state index contributed by atoms with van der Waals surface area (Å²) < 4.78 is 5.46. The first-order valence-corrected chi connectivity index (χ1v) is 8.97. The summed E-state index contributed by atoms with van der Waals surface area (Å²) in [5.41, 5.74) is 2.53. The molecule has 0 unspecified atom stereocenters. The summed E-state index contributed by atoms with van der Waals surface area (Å²) in [5, 5.41) is 7.40. The van der Waals surface area contributed by atoms with E-state index in [-0.39, 0.29) is 0 Å². The van der Waals surface area contributed by atoms with E-state index < -0.39 is 0 Å². The van der Waals surface area contributed by atoms with Crippen molar-refractivity contribution in [1.82, 2.24) is 20.4 Å². The Morgan fingerprint density at radius 3 is 2.79 bits per heavy atom. The predicted octanol–water partition coefficient (Wildman–Crippen LogP) is 2.79. The van der Waals surface area contributed by atoms with Crippen molar-refractivity contribution in [3.63, 3.8) is 0 Å². The van der Waals surface area contributed by atoms with Gasteiger partial charge in [-0.1, -0.05) is 29.4 Å². The Morgan fingerprint density at radius 1 is 1.25 bits per heavy atom. The summed E-state index contributed by atoms with van der Waals surface area (Å²) in [6.07, 6.45) is 4.56. The Morgan fingerprint density at radius 2 is 2.04 bits per heavy atom. The fraction of sp³-hybridized carbons (Fsp3) is 0.579. The van der Waals surface area contributed by atoms with Gasteiger partial charge in [-0.3, -0.25) is 4.90 Å². The number of likely N-dealkylation sites (tertiary alicyclic amines) is 1. The van der Waals surface area contributed by atoms with Gasteiger partial charge in [-0.15, -0.1) is 0 Å². The van der Waals surface area contributed by atoms with Crippen LogP contribution in [0.4, 0.5) is 0 Å². The van der Waals surface area contributed by atoms with E-state index >= 15 is 0 Å². The number of hydrogen-bond acceptors (Lipinski definition) is 5. The SMILES string of the molecule is CNCCC1CCN(Cc2nc(Cc3ccccc3C)no2)CC1. The van der Waals surface area contributed by atoms with E-state index in [1.807, 2.05) is 7.05 Å². The summed E-state index contributed by atoms with van der Waals surface area (Å²) in [7, 11) is 2.03. The molecule has 1 saturated heterocycles. The molecule has 24 heavy (non-hydrogen) atoms. The maximum Gasteiger partial charge on any atom is 0.240 e. The molecule has 1 aromatic heterocycles. The fourth-order valence-corrected chi connectivity index (χ4v) is 3.38. The lowest BCUT2D eigenvalue weighted by molar-refractivity contribution is 0.155. The first kappa shape index (κ1) is 17.1. The van der Waals surface area contributed by atoms with Gasteiger partial charge < -0.3 is 9.84 Å². The highest BCUT2D eigenvalue weighted by atomic mass is 16.5. The summed E-state index contributed by atoms with van der Waals surface area (Å²) in [6, 6.07) is 8.36. The van der Waals surface area contributed by atoms with Crippen molar-refractivity contribution in [2.24, 2.45) is 5.92 Å². The summed E-state index contributed by atoms with van der Waals surface area (Å²) in [5.74, 6) is 2.38. The lowest BCUT2D eigenvalue weighted by Gasteiger charge is -2.30. The van der Waals surface area contributed by atoms with Crippen molar-refractivity contribution in [2.45, 2.75) is 39.2 Å². The van der Waals surface area contributed by atoms with Gasteiger partial charge in [0.05, 0.1) is 6.54 Å². The molecule has 0 atom stereocenters. The van der Waals surface area contributed by atoms with Gasteiger partial charge in [0.25, 0.3) is 0 Å². The van der Waals surface area contributed by atoms with Gasteiger partial charge in [-0.25, -0.2) is 0 Å². The molecule has 0 aliphatic carbocycles. The molecule has 5 heteroatoms. The van der Waals surface area contributed by atoms with Crippen LogP contribution in [0, 0.1) is 12.8 Å². The summed E-state index contributed by atoms with van der Waals surface area (Å²) in [6.45, 7) is 6.28. The van der Waals surface area contributed by atoms with Crippen molar-refractivity contribution in [1.29, 1.82) is 0 Å². The van der Waals surface area contributed by atoms with E-state index in [2.05, 4.69) is 51.5 Å². The first-order chi connectivity index (χ1) is 11.7. The van der Waals surface area contributed by atoms with Gasteiger partial charge in [0.1, 0.15) is 0 Å². The molecule has 1 N–H and O–H groups in total. The van der Waals surface area contributed by atoms with Crippen molar-refractivity contribution in [3.8, 4) is 0 Å². The molecule has 1 aromatic carbocycles. The van der Waals surface area contributed by atoms with E-state index in [1.165, 1.54) is 30.4 Å². The van der Waals surface area contributed by atoms with Crippen LogP contribution in [-0.2, 0) is 13.0 Å². The van der Waals surface area contributed by atoms with Crippen molar-refractivity contribution < 1.29 is 4.52 Å². The molecule has 2 aromatic rings. The normalized spacial score (nSPS) is 16.6. The molecule has 3 rings (SSSR count). The zero-order valence-electron chi connectivity index (χ0n) is 14.8. The largest absolute Gasteiger partial charge is 0.338 e. The van der Waals surface area contributed by atoms with E-state index in [0.717, 1.165) is 50.2 Å². The highest BCUT2D eigenvalue weighted by Crippen LogP contribution is 2.21. The Hall–Kier alpha value is -1.72. The molecule has 2 heterocycles.